The zero-order valence-corrected chi connectivity index (χ0v) is 16.0. The van der Waals surface area contributed by atoms with Gasteiger partial charge in [-0.1, -0.05) is 36.4 Å². The van der Waals surface area contributed by atoms with Gasteiger partial charge in [0, 0.05) is 17.7 Å². The van der Waals surface area contributed by atoms with E-state index in [9.17, 15) is 19.0 Å². The topological polar surface area (TPSA) is 81.5 Å². The van der Waals surface area contributed by atoms with Crippen LogP contribution in [0, 0.1) is 11.6 Å². The SMILES string of the molecule is OCC(CO)Nc1nc(-c2ccccc2F)c2c(n1)N(c1ccccc1F)CC=C2. The van der Waals surface area contributed by atoms with Gasteiger partial charge in [-0.25, -0.2) is 13.8 Å². The molecule has 4 rings (SSSR count). The minimum absolute atomic E-state index is 0.0942. The van der Waals surface area contributed by atoms with Crippen molar-refractivity contribution in [2.45, 2.75) is 6.04 Å². The van der Waals surface area contributed by atoms with Gasteiger partial charge in [0.2, 0.25) is 5.95 Å². The Morgan fingerprint density at radius 1 is 0.967 bits per heavy atom. The van der Waals surface area contributed by atoms with Gasteiger partial charge in [-0.15, -0.1) is 0 Å². The second-order valence-electron chi connectivity index (χ2n) is 6.78. The minimum atomic E-state index is -0.697. The molecular formula is C22H20F2N4O2. The molecule has 6 nitrogen and oxygen atoms in total. The smallest absolute Gasteiger partial charge is 0.225 e. The molecule has 1 aliphatic rings. The van der Waals surface area contributed by atoms with E-state index in [-0.39, 0.29) is 24.7 Å². The number of para-hydroxylation sites is 1. The molecule has 1 aromatic heterocycles. The predicted octanol–water partition coefficient (Wildman–Crippen LogP) is 3.35. The summed E-state index contributed by atoms with van der Waals surface area (Å²) in [6, 6.07) is 11.9. The lowest BCUT2D eigenvalue weighted by atomic mass is 10.0. The molecule has 0 spiro atoms. The average molecular weight is 410 g/mol. The zero-order valence-electron chi connectivity index (χ0n) is 16.0. The number of halogens is 2. The van der Waals surface area contributed by atoms with Crippen LogP contribution in [-0.4, -0.2) is 46.0 Å². The van der Waals surface area contributed by atoms with Crippen LogP contribution < -0.4 is 10.2 Å². The van der Waals surface area contributed by atoms with E-state index in [2.05, 4.69) is 15.3 Å². The van der Waals surface area contributed by atoms with Gasteiger partial charge in [-0.3, -0.25) is 0 Å². The Morgan fingerprint density at radius 3 is 2.37 bits per heavy atom. The minimum Gasteiger partial charge on any atom is -0.394 e. The second kappa shape index (κ2) is 8.56. The molecule has 154 valence electrons. The number of rotatable bonds is 6. The number of benzene rings is 2. The van der Waals surface area contributed by atoms with E-state index in [1.165, 1.54) is 12.1 Å². The van der Waals surface area contributed by atoms with Crippen molar-refractivity contribution < 1.29 is 19.0 Å². The van der Waals surface area contributed by atoms with E-state index in [0.29, 0.717) is 29.3 Å². The third-order valence-electron chi connectivity index (χ3n) is 4.80. The van der Waals surface area contributed by atoms with E-state index in [4.69, 9.17) is 0 Å². The van der Waals surface area contributed by atoms with Crippen LogP contribution in [0.15, 0.2) is 54.6 Å². The molecule has 30 heavy (non-hydrogen) atoms. The van der Waals surface area contributed by atoms with Crippen LogP contribution in [0.2, 0.25) is 0 Å². The van der Waals surface area contributed by atoms with Crippen molar-refractivity contribution in [1.29, 1.82) is 0 Å². The van der Waals surface area contributed by atoms with Crippen molar-refractivity contribution in [2.75, 3.05) is 30.0 Å². The highest BCUT2D eigenvalue weighted by Crippen LogP contribution is 2.38. The Morgan fingerprint density at radius 2 is 1.67 bits per heavy atom. The highest BCUT2D eigenvalue weighted by Gasteiger charge is 2.25. The van der Waals surface area contributed by atoms with Gasteiger partial charge >= 0.3 is 0 Å². The number of hydrogen-bond acceptors (Lipinski definition) is 6. The van der Waals surface area contributed by atoms with Crippen LogP contribution >= 0.6 is 0 Å². The van der Waals surface area contributed by atoms with Crippen LogP contribution in [0.3, 0.4) is 0 Å². The fourth-order valence-corrected chi connectivity index (χ4v) is 3.32. The normalized spacial score (nSPS) is 12.9. The molecule has 0 saturated carbocycles. The molecule has 0 saturated heterocycles. The summed E-state index contributed by atoms with van der Waals surface area (Å²) in [7, 11) is 0. The van der Waals surface area contributed by atoms with Gasteiger partial charge in [0.25, 0.3) is 0 Å². The molecule has 0 fully saturated rings. The van der Waals surface area contributed by atoms with Gasteiger partial charge in [0.1, 0.15) is 17.5 Å². The third-order valence-corrected chi connectivity index (χ3v) is 4.80. The molecule has 2 aromatic carbocycles. The number of nitrogens with zero attached hydrogens (tertiary/aromatic N) is 3. The van der Waals surface area contributed by atoms with Gasteiger partial charge in [-0.05, 0) is 24.3 Å². The van der Waals surface area contributed by atoms with Crippen LogP contribution in [0.25, 0.3) is 17.3 Å². The molecule has 8 heteroatoms. The van der Waals surface area contributed by atoms with Crippen molar-refractivity contribution in [3.63, 3.8) is 0 Å². The molecule has 3 N–H and O–H groups in total. The van der Waals surface area contributed by atoms with Gasteiger partial charge in [0.15, 0.2) is 0 Å². The monoisotopic (exact) mass is 410 g/mol. The fraction of sp³-hybridized carbons (Fsp3) is 0.182. The molecule has 0 amide bonds. The second-order valence-corrected chi connectivity index (χ2v) is 6.78. The summed E-state index contributed by atoms with van der Waals surface area (Å²) in [4.78, 5) is 10.6. The Labute approximate surface area is 172 Å². The number of nitrogens with one attached hydrogen (secondary N) is 1. The summed E-state index contributed by atoms with van der Waals surface area (Å²) < 4.78 is 29.1. The van der Waals surface area contributed by atoms with Crippen LogP contribution in [0.4, 0.5) is 26.2 Å². The standard InChI is InChI=1S/C22H20F2N4O2/c23-17-8-2-1-6-15(17)20-16-7-5-11-28(19-10-4-3-9-18(19)24)21(16)27-22(26-20)25-14(12-29)13-30/h1-10,14,29-30H,11-13H2,(H,25,26,27). The van der Waals surface area contributed by atoms with Crippen molar-refractivity contribution in [1.82, 2.24) is 9.97 Å². The van der Waals surface area contributed by atoms with E-state index in [1.54, 1.807) is 47.4 Å². The van der Waals surface area contributed by atoms with Crippen molar-refractivity contribution in [3.05, 3.63) is 71.8 Å². The molecule has 0 unspecified atom stereocenters. The summed E-state index contributed by atoms with van der Waals surface area (Å²) in [5.41, 5.74) is 1.47. The lowest BCUT2D eigenvalue weighted by Gasteiger charge is -2.29. The van der Waals surface area contributed by atoms with Crippen LogP contribution in [0.5, 0.6) is 0 Å². The van der Waals surface area contributed by atoms with Crippen molar-refractivity contribution in [3.8, 4) is 11.3 Å². The number of aromatic nitrogens is 2. The Bertz CT molecular complexity index is 1090. The number of aliphatic hydroxyl groups is 2. The Balaban J connectivity index is 1.92. The maximum atomic E-state index is 14.6. The molecule has 2 heterocycles. The Hall–Kier alpha value is -3.36. The van der Waals surface area contributed by atoms with Crippen molar-refractivity contribution in [2.24, 2.45) is 0 Å². The quantitative estimate of drug-likeness (QED) is 0.578. The molecule has 1 aliphatic heterocycles. The summed E-state index contributed by atoms with van der Waals surface area (Å²) >= 11 is 0. The van der Waals surface area contributed by atoms with Gasteiger partial charge in [-0.2, -0.15) is 4.98 Å². The number of fused-ring (bicyclic) bond motifs is 1. The van der Waals surface area contributed by atoms with Gasteiger partial charge < -0.3 is 20.4 Å². The van der Waals surface area contributed by atoms with E-state index >= 15 is 0 Å². The van der Waals surface area contributed by atoms with Crippen LogP contribution in [-0.2, 0) is 0 Å². The van der Waals surface area contributed by atoms with Crippen LogP contribution in [0.1, 0.15) is 5.56 Å². The first-order valence-electron chi connectivity index (χ1n) is 9.46. The summed E-state index contributed by atoms with van der Waals surface area (Å²) in [6.45, 7) is -0.323. The summed E-state index contributed by atoms with van der Waals surface area (Å²) in [6.07, 6.45) is 3.62. The van der Waals surface area contributed by atoms with E-state index < -0.39 is 17.7 Å². The lowest BCUT2D eigenvalue weighted by molar-refractivity contribution is 0.203. The number of aliphatic hydroxyl groups excluding tert-OH is 2. The van der Waals surface area contributed by atoms with Gasteiger partial charge in [0.05, 0.1) is 30.6 Å². The first kappa shape index (κ1) is 19.9. The highest BCUT2D eigenvalue weighted by atomic mass is 19.1. The zero-order chi connectivity index (χ0) is 21.1. The maximum Gasteiger partial charge on any atom is 0.225 e. The third kappa shape index (κ3) is 3.74. The fourth-order valence-electron chi connectivity index (χ4n) is 3.32. The average Bonchev–Trinajstić information content (AvgIpc) is 2.77. The lowest BCUT2D eigenvalue weighted by Crippen LogP contribution is -2.30. The van der Waals surface area contributed by atoms with Crippen molar-refractivity contribution >= 4 is 23.5 Å². The largest absolute Gasteiger partial charge is 0.394 e. The number of hydrogen-bond donors (Lipinski definition) is 3. The Kier molecular flexibility index (Phi) is 5.69. The van der Waals surface area contributed by atoms with E-state index in [0.717, 1.165) is 0 Å². The molecule has 0 radical (unpaired) electrons. The van der Waals surface area contributed by atoms with E-state index in [1.807, 2.05) is 6.08 Å². The molecule has 0 bridgehead atoms. The molecule has 0 atom stereocenters. The summed E-state index contributed by atoms with van der Waals surface area (Å²) in [5.74, 6) is -0.380. The summed E-state index contributed by atoms with van der Waals surface area (Å²) in [5, 5.41) is 21.7. The highest BCUT2D eigenvalue weighted by molar-refractivity contribution is 5.85. The molecular weight excluding hydrogens is 390 g/mol. The maximum absolute atomic E-state index is 14.6. The molecule has 0 aliphatic carbocycles. The molecule has 3 aromatic rings. The first-order chi connectivity index (χ1) is 14.6. The predicted molar refractivity (Wildman–Crippen MR) is 111 cm³/mol. The first-order valence-corrected chi connectivity index (χ1v) is 9.46. The number of anilines is 3.